The number of nitrogens with zero attached hydrogens (tertiary/aromatic N) is 4. The summed E-state index contributed by atoms with van der Waals surface area (Å²) in [5, 5.41) is 37.7. The highest BCUT2D eigenvalue weighted by atomic mass is 16.5. The lowest BCUT2D eigenvalue weighted by molar-refractivity contribution is 0.211. The quantitative estimate of drug-likeness (QED) is 0.735. The van der Waals surface area contributed by atoms with Crippen LogP contribution in [0.15, 0.2) is 41.1 Å². The summed E-state index contributed by atoms with van der Waals surface area (Å²) in [4.78, 5) is 2.21. The van der Waals surface area contributed by atoms with Gasteiger partial charge in [-0.2, -0.15) is 15.8 Å². The molecule has 2 unspecified atom stereocenters. The van der Waals surface area contributed by atoms with Gasteiger partial charge in [0.2, 0.25) is 0 Å². The summed E-state index contributed by atoms with van der Waals surface area (Å²) in [5.41, 5.74) is 6.36. The van der Waals surface area contributed by atoms with Gasteiger partial charge < -0.3 is 20.3 Å². The number of hydrogen-bond donors (Lipinski definition) is 2. The van der Waals surface area contributed by atoms with E-state index in [9.17, 15) is 15.8 Å². The number of methoxy groups -OCH3 is 2. The largest absolute Gasteiger partial charge is 0.493 e. The number of ether oxygens (including phenoxy) is 2. The van der Waals surface area contributed by atoms with Crippen LogP contribution in [0.25, 0.3) is 0 Å². The Kier molecular flexibility index (Phi) is 8.27. The first-order valence-corrected chi connectivity index (χ1v) is 10.4. The van der Waals surface area contributed by atoms with Gasteiger partial charge in [-0.3, -0.25) is 4.90 Å². The molecule has 1 aromatic rings. The number of nitrogens with two attached hydrogens (primary N) is 1. The summed E-state index contributed by atoms with van der Waals surface area (Å²) in [5.74, 6) is 0.111. The number of allylic oxidation sites excluding steroid dienone is 2. The molecule has 3 N–H and O–H groups in total. The van der Waals surface area contributed by atoms with Crippen molar-refractivity contribution in [3.63, 3.8) is 0 Å². The van der Waals surface area contributed by atoms with E-state index in [2.05, 4.69) is 30.0 Å². The standard InChI is InChI=1S/C22H23N5O2.C2H6O/c1-4-27-9-8-14-16(10-23)21(26)22(12-24,13-25)19(17(14)11-27)15-6-5-7-18(28-2)20(15)29-3;1-2-3/h5-8,17,19H,4,9,11,26H2,1-3H3;3H,2H2,1H3. The fourth-order valence-electron chi connectivity index (χ4n) is 4.50. The Labute approximate surface area is 189 Å². The molecule has 8 heteroatoms. The minimum Gasteiger partial charge on any atom is -0.493 e. The molecule has 168 valence electrons. The lowest BCUT2D eigenvalue weighted by Gasteiger charge is -2.45. The minimum absolute atomic E-state index is 0.00678. The Hall–Kier alpha value is -3.51. The zero-order chi connectivity index (χ0) is 23.9. The van der Waals surface area contributed by atoms with Gasteiger partial charge in [0.15, 0.2) is 16.9 Å². The molecule has 0 saturated heterocycles. The molecule has 0 spiro atoms. The zero-order valence-electron chi connectivity index (χ0n) is 18.9. The molecule has 3 rings (SSSR count). The average Bonchev–Trinajstić information content (AvgIpc) is 2.83. The van der Waals surface area contributed by atoms with Gasteiger partial charge in [-0.1, -0.05) is 25.1 Å². The molecule has 1 aliphatic carbocycles. The van der Waals surface area contributed by atoms with Crippen LogP contribution in [0.2, 0.25) is 0 Å². The number of fused-ring (bicyclic) bond motifs is 1. The van der Waals surface area contributed by atoms with E-state index in [0.29, 0.717) is 30.2 Å². The van der Waals surface area contributed by atoms with E-state index in [1.807, 2.05) is 12.1 Å². The summed E-state index contributed by atoms with van der Waals surface area (Å²) in [7, 11) is 3.07. The highest BCUT2D eigenvalue weighted by Gasteiger charge is 2.55. The highest BCUT2D eigenvalue weighted by molar-refractivity contribution is 5.62. The van der Waals surface area contributed by atoms with E-state index in [1.54, 1.807) is 19.1 Å². The smallest absolute Gasteiger partial charge is 0.191 e. The molecule has 0 aromatic heterocycles. The molecule has 0 fully saturated rings. The van der Waals surface area contributed by atoms with Crippen LogP contribution in [0.5, 0.6) is 11.5 Å². The maximum absolute atomic E-state index is 10.2. The first kappa shape index (κ1) is 24.8. The van der Waals surface area contributed by atoms with Crippen LogP contribution in [-0.4, -0.2) is 50.5 Å². The number of benzene rings is 1. The molecule has 0 bridgehead atoms. The number of aliphatic hydroxyl groups excluding tert-OH is 1. The molecular weight excluding hydrogens is 406 g/mol. The minimum atomic E-state index is -1.69. The second kappa shape index (κ2) is 10.7. The predicted molar refractivity (Wildman–Crippen MR) is 119 cm³/mol. The Morgan fingerprint density at radius 2 is 1.84 bits per heavy atom. The first-order chi connectivity index (χ1) is 15.4. The Morgan fingerprint density at radius 1 is 1.19 bits per heavy atom. The number of hydrogen-bond acceptors (Lipinski definition) is 8. The molecule has 2 aliphatic rings. The number of rotatable bonds is 4. The van der Waals surface area contributed by atoms with E-state index >= 15 is 0 Å². The normalized spacial score (nSPS) is 21.5. The van der Waals surface area contributed by atoms with Crippen molar-refractivity contribution in [3.8, 4) is 29.7 Å². The van der Waals surface area contributed by atoms with Crippen LogP contribution in [-0.2, 0) is 0 Å². The monoisotopic (exact) mass is 435 g/mol. The lowest BCUT2D eigenvalue weighted by Crippen LogP contribution is -2.48. The second-order valence-electron chi connectivity index (χ2n) is 7.43. The third-order valence-corrected chi connectivity index (χ3v) is 5.96. The Morgan fingerprint density at radius 3 is 2.34 bits per heavy atom. The summed E-state index contributed by atoms with van der Waals surface area (Å²) >= 11 is 0. The fraction of sp³-hybridized carbons (Fsp3) is 0.458. The highest BCUT2D eigenvalue weighted by Crippen LogP contribution is 2.56. The summed E-state index contributed by atoms with van der Waals surface area (Å²) in [6.07, 6.45) is 1.99. The molecule has 1 heterocycles. The lowest BCUT2D eigenvalue weighted by atomic mass is 9.58. The van der Waals surface area contributed by atoms with E-state index < -0.39 is 11.3 Å². The van der Waals surface area contributed by atoms with E-state index in [-0.39, 0.29) is 23.8 Å². The van der Waals surface area contributed by atoms with E-state index in [1.165, 1.54) is 14.2 Å². The molecule has 0 amide bonds. The van der Waals surface area contributed by atoms with E-state index in [0.717, 1.165) is 12.1 Å². The zero-order valence-corrected chi connectivity index (χ0v) is 18.9. The first-order valence-electron chi connectivity index (χ1n) is 10.4. The van der Waals surface area contributed by atoms with Gasteiger partial charge >= 0.3 is 0 Å². The van der Waals surface area contributed by atoms with Crippen LogP contribution in [0.3, 0.4) is 0 Å². The molecule has 1 aromatic carbocycles. The van der Waals surface area contributed by atoms with Crippen molar-refractivity contribution in [3.05, 3.63) is 46.7 Å². The van der Waals surface area contributed by atoms with E-state index in [4.69, 9.17) is 20.3 Å². The fourth-order valence-corrected chi connectivity index (χ4v) is 4.50. The van der Waals surface area contributed by atoms with Crippen molar-refractivity contribution < 1.29 is 14.6 Å². The van der Waals surface area contributed by atoms with Crippen LogP contribution in [0.4, 0.5) is 0 Å². The van der Waals surface area contributed by atoms with Crippen LogP contribution in [0.1, 0.15) is 25.3 Å². The summed E-state index contributed by atoms with van der Waals surface area (Å²) in [6.45, 7) is 6.10. The molecule has 8 nitrogen and oxygen atoms in total. The number of aliphatic hydroxyl groups is 1. The van der Waals surface area contributed by atoms with Gasteiger partial charge in [-0.15, -0.1) is 0 Å². The number of para-hydroxylation sites is 1. The average molecular weight is 436 g/mol. The molecule has 1 aliphatic heterocycles. The molecule has 0 saturated carbocycles. The second-order valence-corrected chi connectivity index (χ2v) is 7.43. The molecule has 0 radical (unpaired) electrons. The van der Waals surface area contributed by atoms with Crippen LogP contribution in [0, 0.1) is 45.3 Å². The third kappa shape index (κ3) is 4.01. The topological polar surface area (TPSA) is 139 Å². The van der Waals surface area contributed by atoms with Gasteiger partial charge in [-0.05, 0) is 25.1 Å². The van der Waals surface area contributed by atoms with Crippen molar-refractivity contribution in [1.82, 2.24) is 4.90 Å². The van der Waals surface area contributed by atoms with Gasteiger partial charge in [-0.25, -0.2) is 0 Å². The maximum atomic E-state index is 10.2. The van der Waals surface area contributed by atoms with Gasteiger partial charge in [0.25, 0.3) is 0 Å². The SMILES string of the molecule is CCN1CC=C2C(C#N)=C(N)C(C#N)(C#N)C(c3cccc(OC)c3OC)C2C1.CCO. The number of likely N-dealkylation sites (N-methyl/N-ethyl adjacent to an activating group) is 1. The van der Waals surface area contributed by atoms with Crippen molar-refractivity contribution in [1.29, 1.82) is 15.8 Å². The summed E-state index contributed by atoms with van der Waals surface area (Å²) < 4.78 is 11.1. The number of nitriles is 3. The van der Waals surface area contributed by atoms with Crippen LogP contribution < -0.4 is 15.2 Å². The molecule has 32 heavy (non-hydrogen) atoms. The molecule has 2 atom stereocenters. The Bertz CT molecular complexity index is 1010. The molecular formula is C24H29N5O3. The van der Waals surface area contributed by atoms with Gasteiger partial charge in [0.05, 0.1) is 37.6 Å². The van der Waals surface area contributed by atoms with Gasteiger partial charge in [0, 0.05) is 37.1 Å². The Balaban J connectivity index is 0.00000114. The summed E-state index contributed by atoms with van der Waals surface area (Å²) in [6, 6.07) is 11.8. The predicted octanol–water partition coefficient (Wildman–Crippen LogP) is 2.45. The van der Waals surface area contributed by atoms with Crippen molar-refractivity contribution in [2.24, 2.45) is 17.1 Å². The third-order valence-electron chi connectivity index (χ3n) is 5.96. The maximum Gasteiger partial charge on any atom is 0.191 e. The van der Waals surface area contributed by atoms with Gasteiger partial charge in [0.1, 0.15) is 6.07 Å². The van der Waals surface area contributed by atoms with Crippen molar-refractivity contribution in [2.75, 3.05) is 40.5 Å². The van der Waals surface area contributed by atoms with Crippen LogP contribution >= 0.6 is 0 Å². The van der Waals surface area contributed by atoms with Crippen molar-refractivity contribution >= 4 is 0 Å². The van der Waals surface area contributed by atoms with Crippen molar-refractivity contribution in [2.45, 2.75) is 19.8 Å².